The lowest BCUT2D eigenvalue weighted by atomic mass is 10.1. The summed E-state index contributed by atoms with van der Waals surface area (Å²) in [6.45, 7) is 0. The van der Waals surface area contributed by atoms with Crippen molar-refractivity contribution in [2.45, 2.75) is 5.38 Å². The second-order valence-corrected chi connectivity index (χ2v) is 4.06. The molecule has 2 aromatic rings. The van der Waals surface area contributed by atoms with Gasteiger partial charge in [0.25, 0.3) is 0 Å². The van der Waals surface area contributed by atoms with Crippen molar-refractivity contribution in [3.63, 3.8) is 0 Å². The molecule has 0 amide bonds. The molecule has 0 aliphatic carbocycles. The molecule has 0 saturated carbocycles. The number of rotatable bonds is 2. The van der Waals surface area contributed by atoms with E-state index in [2.05, 4.69) is 24.3 Å². The van der Waals surface area contributed by atoms with Crippen LogP contribution in [-0.2, 0) is 0 Å². The number of fused-ring (bicyclic) bond motifs is 1. The van der Waals surface area contributed by atoms with Gasteiger partial charge < -0.3 is 0 Å². The summed E-state index contributed by atoms with van der Waals surface area (Å²) in [7, 11) is 0. The molecule has 1 unspecified atom stereocenters. The maximum Gasteiger partial charge on any atom is 0.0720 e. The summed E-state index contributed by atoms with van der Waals surface area (Å²) in [6.07, 6.45) is 0. The van der Waals surface area contributed by atoms with Gasteiger partial charge in [-0.2, -0.15) is 0 Å². The van der Waals surface area contributed by atoms with Crippen LogP contribution in [0.3, 0.4) is 0 Å². The zero-order valence-electron chi connectivity index (χ0n) is 7.58. The molecule has 72 valence electrons. The molecule has 2 rings (SSSR count). The SMILES string of the molecule is ClCC(Cl)c1ccc2ccccc2c1. The first-order valence-corrected chi connectivity index (χ1v) is 5.47. The lowest BCUT2D eigenvalue weighted by Gasteiger charge is -2.06. The summed E-state index contributed by atoms with van der Waals surface area (Å²) in [5.41, 5.74) is 1.08. The molecule has 0 spiro atoms. The van der Waals surface area contributed by atoms with E-state index < -0.39 is 0 Å². The van der Waals surface area contributed by atoms with Gasteiger partial charge >= 0.3 is 0 Å². The molecule has 1 atom stereocenters. The number of alkyl halides is 2. The van der Waals surface area contributed by atoms with E-state index in [4.69, 9.17) is 23.2 Å². The minimum Gasteiger partial charge on any atom is -0.125 e. The van der Waals surface area contributed by atoms with E-state index in [-0.39, 0.29) is 5.38 Å². The summed E-state index contributed by atoms with van der Waals surface area (Å²) in [4.78, 5) is 0. The third-order valence-corrected chi connectivity index (χ3v) is 3.14. The zero-order chi connectivity index (χ0) is 9.97. The van der Waals surface area contributed by atoms with Crippen LogP contribution in [0.4, 0.5) is 0 Å². The van der Waals surface area contributed by atoms with Gasteiger partial charge in [0.15, 0.2) is 0 Å². The number of hydrogen-bond acceptors (Lipinski definition) is 0. The van der Waals surface area contributed by atoms with E-state index in [1.54, 1.807) is 0 Å². The standard InChI is InChI=1S/C12H10Cl2/c13-8-12(14)11-6-5-9-3-1-2-4-10(9)7-11/h1-7,12H,8H2. The molecule has 2 aromatic carbocycles. The van der Waals surface area contributed by atoms with Crippen molar-refractivity contribution in [1.82, 2.24) is 0 Å². The Hall–Kier alpha value is -0.720. The Kier molecular flexibility index (Phi) is 2.95. The molecule has 0 aromatic heterocycles. The fourth-order valence-corrected chi connectivity index (χ4v) is 1.81. The average molecular weight is 225 g/mol. The van der Waals surface area contributed by atoms with Gasteiger partial charge in [0.2, 0.25) is 0 Å². The third-order valence-electron chi connectivity index (χ3n) is 2.27. The molecule has 2 heteroatoms. The maximum atomic E-state index is 6.06. The molecule has 0 aliphatic heterocycles. The van der Waals surface area contributed by atoms with Crippen molar-refractivity contribution in [2.24, 2.45) is 0 Å². The Balaban J connectivity index is 2.51. The summed E-state index contributed by atoms with van der Waals surface area (Å²) < 4.78 is 0. The van der Waals surface area contributed by atoms with Crippen molar-refractivity contribution < 1.29 is 0 Å². The zero-order valence-corrected chi connectivity index (χ0v) is 9.09. The second kappa shape index (κ2) is 4.20. The van der Waals surface area contributed by atoms with Crippen LogP contribution in [0, 0.1) is 0 Å². The Morgan fingerprint density at radius 3 is 2.43 bits per heavy atom. The molecule has 0 saturated heterocycles. The van der Waals surface area contributed by atoms with Crippen LogP contribution in [0.2, 0.25) is 0 Å². The van der Waals surface area contributed by atoms with Gasteiger partial charge in [-0.3, -0.25) is 0 Å². The second-order valence-electron chi connectivity index (χ2n) is 3.23. The molecule has 0 nitrogen and oxygen atoms in total. The van der Waals surface area contributed by atoms with Crippen LogP contribution in [0.25, 0.3) is 10.8 Å². The van der Waals surface area contributed by atoms with Crippen LogP contribution in [0.1, 0.15) is 10.9 Å². The van der Waals surface area contributed by atoms with Gasteiger partial charge in [-0.1, -0.05) is 36.4 Å². The first-order chi connectivity index (χ1) is 6.81. The molecule has 0 N–H and O–H groups in total. The summed E-state index contributed by atoms with van der Waals surface area (Å²) in [6, 6.07) is 14.4. The Morgan fingerprint density at radius 2 is 1.71 bits per heavy atom. The predicted octanol–water partition coefficient (Wildman–Crippen LogP) is 4.36. The molecule has 0 heterocycles. The van der Waals surface area contributed by atoms with Gasteiger partial charge in [-0.05, 0) is 22.4 Å². The highest BCUT2D eigenvalue weighted by atomic mass is 35.5. The Labute approximate surface area is 93.4 Å². The van der Waals surface area contributed by atoms with Crippen LogP contribution < -0.4 is 0 Å². The predicted molar refractivity (Wildman–Crippen MR) is 63.3 cm³/mol. The highest BCUT2D eigenvalue weighted by molar-refractivity contribution is 6.28. The molecule has 14 heavy (non-hydrogen) atoms. The van der Waals surface area contributed by atoms with Crippen molar-refractivity contribution >= 4 is 34.0 Å². The van der Waals surface area contributed by atoms with Crippen LogP contribution >= 0.6 is 23.2 Å². The molecular weight excluding hydrogens is 215 g/mol. The number of hydrogen-bond donors (Lipinski definition) is 0. The van der Waals surface area contributed by atoms with Crippen LogP contribution in [-0.4, -0.2) is 5.88 Å². The summed E-state index contributed by atoms with van der Waals surface area (Å²) in [5, 5.41) is 2.34. The minimum atomic E-state index is -0.0960. The van der Waals surface area contributed by atoms with E-state index in [9.17, 15) is 0 Å². The van der Waals surface area contributed by atoms with Crippen molar-refractivity contribution in [2.75, 3.05) is 5.88 Å². The lowest BCUT2D eigenvalue weighted by Crippen LogP contribution is -1.90. The van der Waals surface area contributed by atoms with Crippen molar-refractivity contribution in [3.05, 3.63) is 48.0 Å². The molecule has 0 fully saturated rings. The monoisotopic (exact) mass is 224 g/mol. The summed E-state index contributed by atoms with van der Waals surface area (Å²) in [5.74, 6) is 0.444. The Morgan fingerprint density at radius 1 is 1.00 bits per heavy atom. The van der Waals surface area contributed by atoms with Gasteiger partial charge in [-0.25, -0.2) is 0 Å². The van der Waals surface area contributed by atoms with Crippen LogP contribution in [0.15, 0.2) is 42.5 Å². The van der Waals surface area contributed by atoms with E-state index >= 15 is 0 Å². The summed E-state index contributed by atoms with van der Waals surface area (Å²) >= 11 is 11.8. The van der Waals surface area contributed by atoms with E-state index in [0.29, 0.717) is 5.88 Å². The average Bonchev–Trinajstić information content (AvgIpc) is 2.27. The van der Waals surface area contributed by atoms with E-state index in [1.165, 1.54) is 10.8 Å². The van der Waals surface area contributed by atoms with Gasteiger partial charge in [0, 0.05) is 5.88 Å². The Bertz CT molecular complexity index is 437. The normalized spacial score (nSPS) is 13.0. The topological polar surface area (TPSA) is 0 Å². The molecular formula is C12H10Cl2. The quantitative estimate of drug-likeness (QED) is 0.666. The first-order valence-electron chi connectivity index (χ1n) is 4.50. The minimum absolute atomic E-state index is 0.0960. The number of benzene rings is 2. The van der Waals surface area contributed by atoms with Gasteiger partial charge in [0.05, 0.1) is 5.38 Å². The third kappa shape index (κ3) is 1.87. The molecule has 0 radical (unpaired) electrons. The van der Waals surface area contributed by atoms with Crippen LogP contribution in [0.5, 0.6) is 0 Å². The smallest absolute Gasteiger partial charge is 0.0720 e. The largest absolute Gasteiger partial charge is 0.125 e. The fraction of sp³-hybridized carbons (Fsp3) is 0.167. The fourth-order valence-electron chi connectivity index (χ4n) is 1.49. The maximum absolute atomic E-state index is 6.06. The lowest BCUT2D eigenvalue weighted by molar-refractivity contribution is 1.10. The van der Waals surface area contributed by atoms with E-state index in [0.717, 1.165) is 5.56 Å². The number of halogens is 2. The highest BCUT2D eigenvalue weighted by Gasteiger charge is 2.05. The van der Waals surface area contributed by atoms with Gasteiger partial charge in [0.1, 0.15) is 0 Å². The van der Waals surface area contributed by atoms with Crippen molar-refractivity contribution in [1.29, 1.82) is 0 Å². The van der Waals surface area contributed by atoms with E-state index in [1.807, 2.05) is 18.2 Å². The molecule has 0 bridgehead atoms. The van der Waals surface area contributed by atoms with Crippen molar-refractivity contribution in [3.8, 4) is 0 Å². The van der Waals surface area contributed by atoms with Gasteiger partial charge in [-0.15, -0.1) is 23.2 Å². The molecule has 0 aliphatic rings. The highest BCUT2D eigenvalue weighted by Crippen LogP contribution is 2.25. The first kappa shape index (κ1) is 9.82.